The van der Waals surface area contributed by atoms with Gasteiger partial charge in [0, 0.05) is 36.1 Å². The van der Waals surface area contributed by atoms with E-state index in [-0.39, 0.29) is 23.7 Å². The van der Waals surface area contributed by atoms with Crippen molar-refractivity contribution in [2.45, 2.75) is 25.3 Å². The summed E-state index contributed by atoms with van der Waals surface area (Å²) in [5.41, 5.74) is 1.13. The van der Waals surface area contributed by atoms with Crippen molar-refractivity contribution in [1.29, 1.82) is 5.26 Å². The van der Waals surface area contributed by atoms with Gasteiger partial charge in [0.2, 0.25) is 0 Å². The molecule has 1 aliphatic heterocycles. The van der Waals surface area contributed by atoms with Crippen molar-refractivity contribution in [3.05, 3.63) is 53.0 Å². The van der Waals surface area contributed by atoms with Crippen LogP contribution in [-0.4, -0.2) is 29.4 Å². The molecule has 1 aromatic carbocycles. The van der Waals surface area contributed by atoms with Gasteiger partial charge < -0.3 is 10.1 Å². The highest BCUT2D eigenvalue weighted by atomic mass is 19.1. The van der Waals surface area contributed by atoms with Crippen LogP contribution < -0.4 is 15.4 Å². The molecule has 0 spiro atoms. The van der Waals surface area contributed by atoms with E-state index in [2.05, 4.69) is 15.6 Å². The Labute approximate surface area is 160 Å². The van der Waals surface area contributed by atoms with Gasteiger partial charge >= 0.3 is 6.03 Å². The van der Waals surface area contributed by atoms with Gasteiger partial charge in [-0.1, -0.05) is 6.92 Å². The number of anilines is 1. The van der Waals surface area contributed by atoms with Crippen molar-refractivity contribution in [1.82, 2.24) is 10.3 Å². The molecule has 1 fully saturated rings. The van der Waals surface area contributed by atoms with Crippen LogP contribution in [0.4, 0.5) is 15.0 Å². The minimum Gasteiger partial charge on any atom is -0.492 e. The summed E-state index contributed by atoms with van der Waals surface area (Å²) in [6, 6.07) is 6.99. The first kappa shape index (κ1) is 17.9. The lowest BCUT2D eigenvalue weighted by molar-refractivity contribution is 0.0983. The van der Waals surface area contributed by atoms with E-state index in [1.165, 1.54) is 24.4 Å². The number of aromatic nitrogens is 1. The number of nitrogens with one attached hydrogen (secondary N) is 2. The molecule has 1 aromatic heterocycles. The number of hydrogen-bond acceptors (Lipinski definition) is 5. The van der Waals surface area contributed by atoms with E-state index in [9.17, 15) is 14.0 Å². The van der Waals surface area contributed by atoms with Crippen molar-refractivity contribution in [3.63, 3.8) is 0 Å². The van der Waals surface area contributed by atoms with Gasteiger partial charge in [0.05, 0.1) is 17.7 Å². The van der Waals surface area contributed by atoms with Gasteiger partial charge in [-0.15, -0.1) is 0 Å². The molecule has 2 amide bonds. The first-order valence-corrected chi connectivity index (χ1v) is 8.95. The molecule has 2 aromatic rings. The first-order chi connectivity index (χ1) is 13.5. The molecule has 3 atom stereocenters. The molecule has 0 bridgehead atoms. The Balaban J connectivity index is 1.49. The maximum absolute atomic E-state index is 14.5. The number of pyridine rings is 1. The lowest BCUT2D eigenvalue weighted by atomic mass is 9.98. The van der Waals surface area contributed by atoms with Crippen LogP contribution in [0.15, 0.2) is 30.5 Å². The number of rotatable bonds is 4. The second kappa shape index (κ2) is 6.93. The molecule has 4 rings (SSSR count). The van der Waals surface area contributed by atoms with Crippen LogP contribution in [0.1, 0.15) is 40.7 Å². The molecule has 1 saturated carbocycles. The second-order valence-electron chi connectivity index (χ2n) is 6.78. The summed E-state index contributed by atoms with van der Waals surface area (Å²) < 4.78 is 20.2. The SMILES string of the molecule is CCC(=O)c1ccc(F)c2c1OC[C@H]1[C@@H](NC(=O)Nc3ccc(C#N)cn3)[C@@H]21. The molecule has 2 heterocycles. The van der Waals surface area contributed by atoms with Crippen molar-refractivity contribution < 1.29 is 18.7 Å². The predicted molar refractivity (Wildman–Crippen MR) is 97.6 cm³/mol. The Hall–Kier alpha value is -3.47. The molecule has 7 nitrogen and oxygen atoms in total. The number of hydrogen-bond donors (Lipinski definition) is 2. The summed E-state index contributed by atoms with van der Waals surface area (Å²) in [6.45, 7) is 2.05. The molecule has 8 heteroatoms. The largest absolute Gasteiger partial charge is 0.492 e. The lowest BCUT2D eigenvalue weighted by Gasteiger charge is -2.19. The molecule has 0 saturated heterocycles. The molecule has 2 aliphatic rings. The highest BCUT2D eigenvalue weighted by Gasteiger charge is 2.57. The summed E-state index contributed by atoms with van der Waals surface area (Å²) in [5, 5.41) is 14.2. The average molecular weight is 380 g/mol. The third-order valence-corrected chi connectivity index (χ3v) is 5.12. The summed E-state index contributed by atoms with van der Waals surface area (Å²) in [4.78, 5) is 28.4. The lowest BCUT2D eigenvalue weighted by Crippen LogP contribution is -2.32. The zero-order valence-corrected chi connectivity index (χ0v) is 15.0. The van der Waals surface area contributed by atoms with Crippen LogP contribution in [0.2, 0.25) is 0 Å². The Morgan fingerprint density at radius 1 is 1.36 bits per heavy atom. The number of ketones is 1. The Morgan fingerprint density at radius 3 is 2.86 bits per heavy atom. The standard InChI is InChI=1S/C20H17FN4O3/c1-2-14(26)11-4-5-13(21)17-16-12(9-28-19(11)17)18(16)25-20(27)24-15-6-3-10(7-22)8-23-15/h3-6,8,12,16,18H,2,9H2,1H3,(H2,23,24,25,27)/t12-,16-,18-/m1/s1. The maximum atomic E-state index is 14.5. The highest BCUT2D eigenvalue weighted by molar-refractivity contribution is 5.99. The average Bonchev–Trinajstić information content (AvgIpc) is 3.40. The normalized spacial score (nSPS) is 21.4. The number of nitriles is 1. The van der Waals surface area contributed by atoms with E-state index < -0.39 is 11.8 Å². The summed E-state index contributed by atoms with van der Waals surface area (Å²) >= 11 is 0. The number of amides is 2. The molecular weight excluding hydrogens is 363 g/mol. The number of Topliss-reactive ketones (excluding diaryl/α,β-unsaturated/α-hetero) is 1. The predicted octanol–water partition coefficient (Wildman–Crippen LogP) is 2.98. The van der Waals surface area contributed by atoms with Crippen molar-refractivity contribution in [3.8, 4) is 11.8 Å². The van der Waals surface area contributed by atoms with Crippen LogP contribution in [0.3, 0.4) is 0 Å². The second-order valence-corrected chi connectivity index (χ2v) is 6.78. The molecular formula is C20H17FN4O3. The van der Waals surface area contributed by atoms with E-state index in [0.717, 1.165) is 0 Å². The van der Waals surface area contributed by atoms with Crippen LogP contribution in [0, 0.1) is 23.1 Å². The van der Waals surface area contributed by atoms with E-state index in [0.29, 0.717) is 41.3 Å². The fourth-order valence-electron chi connectivity index (χ4n) is 3.64. The van der Waals surface area contributed by atoms with E-state index in [1.54, 1.807) is 13.0 Å². The van der Waals surface area contributed by atoms with Gasteiger partial charge in [0.25, 0.3) is 0 Å². The topological polar surface area (TPSA) is 104 Å². The summed E-state index contributed by atoms with van der Waals surface area (Å²) in [5.74, 6) is -0.215. The van der Waals surface area contributed by atoms with Gasteiger partial charge in [-0.05, 0) is 24.3 Å². The van der Waals surface area contributed by atoms with Gasteiger partial charge in [0.1, 0.15) is 23.5 Å². The molecule has 28 heavy (non-hydrogen) atoms. The number of carbonyl (C=O) groups is 2. The first-order valence-electron chi connectivity index (χ1n) is 8.95. The van der Waals surface area contributed by atoms with Gasteiger partial charge in [-0.3, -0.25) is 10.1 Å². The smallest absolute Gasteiger partial charge is 0.320 e. The maximum Gasteiger partial charge on any atom is 0.320 e. The fourth-order valence-corrected chi connectivity index (χ4v) is 3.64. The van der Waals surface area contributed by atoms with Crippen molar-refractivity contribution in [2.24, 2.45) is 5.92 Å². The molecule has 0 unspecified atom stereocenters. The number of urea groups is 1. The molecule has 142 valence electrons. The number of fused-ring (bicyclic) bond motifs is 3. The summed E-state index contributed by atoms with van der Waals surface area (Å²) in [6.07, 6.45) is 1.66. The number of nitrogens with zero attached hydrogens (tertiary/aromatic N) is 2. The Kier molecular flexibility index (Phi) is 4.43. The van der Waals surface area contributed by atoms with E-state index >= 15 is 0 Å². The van der Waals surface area contributed by atoms with Gasteiger partial charge in [0.15, 0.2) is 5.78 Å². The Morgan fingerprint density at radius 2 is 2.18 bits per heavy atom. The zero-order valence-electron chi connectivity index (χ0n) is 15.0. The van der Waals surface area contributed by atoms with E-state index in [4.69, 9.17) is 10.00 Å². The minimum absolute atomic E-state index is 0.0475. The van der Waals surface area contributed by atoms with E-state index in [1.807, 2.05) is 6.07 Å². The quantitative estimate of drug-likeness (QED) is 0.794. The number of halogens is 1. The van der Waals surface area contributed by atoms with Gasteiger partial charge in [-0.25, -0.2) is 14.2 Å². The fraction of sp³-hybridized carbons (Fsp3) is 0.300. The van der Waals surface area contributed by atoms with Crippen molar-refractivity contribution >= 4 is 17.6 Å². The van der Waals surface area contributed by atoms with Crippen LogP contribution in [0.25, 0.3) is 0 Å². The van der Waals surface area contributed by atoms with Crippen LogP contribution in [0.5, 0.6) is 5.75 Å². The Bertz CT molecular complexity index is 1000. The third kappa shape index (κ3) is 3.05. The van der Waals surface area contributed by atoms with Crippen LogP contribution in [-0.2, 0) is 0 Å². The molecule has 0 radical (unpaired) electrons. The highest BCUT2D eigenvalue weighted by Crippen LogP contribution is 2.55. The molecule has 2 N–H and O–H groups in total. The minimum atomic E-state index is -0.473. The van der Waals surface area contributed by atoms with Crippen molar-refractivity contribution in [2.75, 3.05) is 11.9 Å². The monoisotopic (exact) mass is 380 g/mol. The molecule has 1 aliphatic carbocycles. The third-order valence-electron chi connectivity index (χ3n) is 5.12. The zero-order chi connectivity index (χ0) is 19.8. The van der Waals surface area contributed by atoms with Gasteiger partial charge in [-0.2, -0.15) is 5.26 Å². The van der Waals surface area contributed by atoms with Crippen LogP contribution >= 0.6 is 0 Å². The number of ether oxygens (including phenoxy) is 1. The summed E-state index contributed by atoms with van der Waals surface area (Å²) in [7, 11) is 0. The number of carbonyl (C=O) groups excluding carboxylic acids is 2. The number of benzene rings is 1.